The molecular formula is C16H15FN2O3S. The maximum absolute atomic E-state index is 13.4. The van der Waals surface area contributed by atoms with E-state index in [2.05, 4.69) is 4.98 Å². The van der Waals surface area contributed by atoms with Crippen LogP contribution in [0, 0.1) is 5.82 Å². The van der Waals surface area contributed by atoms with Crippen molar-refractivity contribution in [2.75, 3.05) is 6.61 Å². The Hall–Kier alpha value is -2.09. The zero-order chi connectivity index (χ0) is 16.2. The van der Waals surface area contributed by atoms with Crippen molar-refractivity contribution in [1.29, 1.82) is 0 Å². The van der Waals surface area contributed by atoms with Gasteiger partial charge in [-0.3, -0.25) is 9.36 Å². The van der Waals surface area contributed by atoms with E-state index in [1.165, 1.54) is 28.3 Å². The normalized spacial score (nSPS) is 12.6. The van der Waals surface area contributed by atoms with Crippen LogP contribution < -0.4 is 5.56 Å². The number of ether oxygens (including phenoxy) is 1. The predicted octanol–water partition coefficient (Wildman–Crippen LogP) is 2.17. The van der Waals surface area contributed by atoms with Crippen molar-refractivity contribution in [3.05, 3.63) is 63.8 Å². The van der Waals surface area contributed by atoms with Gasteiger partial charge in [0.05, 0.1) is 37.7 Å². The summed E-state index contributed by atoms with van der Waals surface area (Å²) in [6.07, 6.45) is 0.538. The van der Waals surface area contributed by atoms with Crippen LogP contribution in [-0.4, -0.2) is 27.4 Å². The summed E-state index contributed by atoms with van der Waals surface area (Å²) in [6, 6.07) is 8.09. The minimum absolute atomic E-state index is 0.00323. The molecule has 0 aliphatic heterocycles. The molecule has 120 valence electrons. The van der Waals surface area contributed by atoms with E-state index in [1.807, 2.05) is 0 Å². The van der Waals surface area contributed by atoms with Crippen LogP contribution in [-0.2, 0) is 17.9 Å². The second-order valence-electron chi connectivity index (χ2n) is 5.10. The van der Waals surface area contributed by atoms with E-state index in [-0.39, 0.29) is 31.1 Å². The second kappa shape index (κ2) is 6.99. The van der Waals surface area contributed by atoms with E-state index in [0.29, 0.717) is 15.8 Å². The number of halogens is 1. The molecule has 1 N–H and O–H groups in total. The SMILES string of the molecule is O=c1c2sccc2ncn1CC(O)COCc1ccccc1F. The first-order chi connectivity index (χ1) is 11.1. The Morgan fingerprint density at radius 3 is 3.00 bits per heavy atom. The molecule has 1 atom stereocenters. The van der Waals surface area contributed by atoms with Crippen LogP contribution in [0.1, 0.15) is 5.56 Å². The van der Waals surface area contributed by atoms with Crippen LogP contribution >= 0.6 is 11.3 Å². The molecule has 0 saturated heterocycles. The topological polar surface area (TPSA) is 64.4 Å². The molecule has 2 aromatic heterocycles. The number of aliphatic hydroxyl groups is 1. The second-order valence-corrected chi connectivity index (χ2v) is 6.01. The maximum atomic E-state index is 13.4. The third kappa shape index (κ3) is 3.64. The van der Waals surface area contributed by atoms with Crippen LogP contribution in [0.4, 0.5) is 4.39 Å². The number of nitrogens with zero attached hydrogens (tertiary/aromatic N) is 2. The van der Waals surface area contributed by atoms with Gasteiger partial charge in [-0.05, 0) is 17.5 Å². The zero-order valence-electron chi connectivity index (χ0n) is 12.2. The summed E-state index contributed by atoms with van der Waals surface area (Å²) in [7, 11) is 0. The van der Waals surface area contributed by atoms with Gasteiger partial charge in [-0.1, -0.05) is 18.2 Å². The third-order valence-electron chi connectivity index (χ3n) is 3.37. The fourth-order valence-corrected chi connectivity index (χ4v) is 3.00. The highest BCUT2D eigenvalue weighted by molar-refractivity contribution is 7.17. The molecule has 0 aliphatic carbocycles. The molecule has 0 aliphatic rings. The Bertz CT molecular complexity index is 862. The summed E-state index contributed by atoms with van der Waals surface area (Å²) in [6.45, 7) is 0.154. The van der Waals surface area contributed by atoms with Gasteiger partial charge in [-0.15, -0.1) is 11.3 Å². The lowest BCUT2D eigenvalue weighted by atomic mass is 10.2. The van der Waals surface area contributed by atoms with Gasteiger partial charge in [0.1, 0.15) is 10.5 Å². The monoisotopic (exact) mass is 334 g/mol. The molecule has 23 heavy (non-hydrogen) atoms. The van der Waals surface area contributed by atoms with Crippen molar-refractivity contribution < 1.29 is 14.2 Å². The first-order valence-electron chi connectivity index (χ1n) is 7.07. The molecule has 0 spiro atoms. The first kappa shape index (κ1) is 15.8. The number of fused-ring (bicyclic) bond motifs is 1. The standard InChI is InChI=1S/C16H15FN2O3S/c17-13-4-2-1-3-11(13)8-22-9-12(20)7-19-10-18-14-5-6-23-15(14)16(19)21/h1-6,10,12,20H,7-9H2. The van der Waals surface area contributed by atoms with Crippen LogP contribution in [0.25, 0.3) is 10.2 Å². The molecule has 3 rings (SSSR count). The lowest BCUT2D eigenvalue weighted by Crippen LogP contribution is -2.29. The van der Waals surface area contributed by atoms with Crippen molar-refractivity contribution in [1.82, 2.24) is 9.55 Å². The van der Waals surface area contributed by atoms with Gasteiger partial charge in [-0.2, -0.15) is 0 Å². The number of hydrogen-bond donors (Lipinski definition) is 1. The molecule has 2 heterocycles. The van der Waals surface area contributed by atoms with Gasteiger partial charge in [0, 0.05) is 5.56 Å². The van der Waals surface area contributed by atoms with Crippen LogP contribution in [0.15, 0.2) is 46.8 Å². The van der Waals surface area contributed by atoms with Crippen LogP contribution in [0.3, 0.4) is 0 Å². The van der Waals surface area contributed by atoms with Crippen LogP contribution in [0.2, 0.25) is 0 Å². The molecular weight excluding hydrogens is 319 g/mol. The van der Waals surface area contributed by atoms with Gasteiger partial charge in [-0.25, -0.2) is 9.37 Å². The van der Waals surface area contributed by atoms with Crippen molar-refractivity contribution in [3.8, 4) is 0 Å². The number of hydrogen-bond acceptors (Lipinski definition) is 5. The minimum atomic E-state index is -0.876. The number of rotatable bonds is 6. The highest BCUT2D eigenvalue weighted by atomic mass is 32.1. The van der Waals surface area contributed by atoms with E-state index < -0.39 is 6.10 Å². The zero-order valence-corrected chi connectivity index (χ0v) is 13.0. The summed E-state index contributed by atoms with van der Waals surface area (Å²) >= 11 is 1.32. The number of thiophene rings is 1. The number of aliphatic hydroxyl groups excluding tert-OH is 1. The van der Waals surface area contributed by atoms with E-state index in [4.69, 9.17) is 4.74 Å². The van der Waals surface area contributed by atoms with E-state index >= 15 is 0 Å². The predicted molar refractivity (Wildman–Crippen MR) is 85.9 cm³/mol. The molecule has 1 unspecified atom stereocenters. The summed E-state index contributed by atoms with van der Waals surface area (Å²) in [5.41, 5.74) is 0.901. The Kier molecular flexibility index (Phi) is 4.80. The molecule has 1 aromatic carbocycles. The quantitative estimate of drug-likeness (QED) is 0.750. The summed E-state index contributed by atoms with van der Waals surface area (Å²) < 4.78 is 20.7. The lowest BCUT2D eigenvalue weighted by molar-refractivity contribution is 0.0189. The smallest absolute Gasteiger partial charge is 0.271 e. The lowest BCUT2D eigenvalue weighted by Gasteiger charge is -2.13. The van der Waals surface area contributed by atoms with E-state index in [1.54, 1.807) is 29.6 Å². The summed E-state index contributed by atoms with van der Waals surface area (Å²) in [4.78, 5) is 16.4. The van der Waals surface area contributed by atoms with Crippen LogP contribution in [0.5, 0.6) is 0 Å². The molecule has 0 saturated carbocycles. The Morgan fingerprint density at radius 2 is 2.17 bits per heavy atom. The fourth-order valence-electron chi connectivity index (χ4n) is 2.21. The Morgan fingerprint density at radius 1 is 1.35 bits per heavy atom. The molecule has 0 amide bonds. The van der Waals surface area contributed by atoms with E-state index in [0.717, 1.165) is 0 Å². The van der Waals surface area contributed by atoms with Crippen molar-refractivity contribution >= 4 is 21.6 Å². The van der Waals surface area contributed by atoms with Gasteiger partial charge in [0.2, 0.25) is 0 Å². The van der Waals surface area contributed by atoms with Crippen molar-refractivity contribution in [3.63, 3.8) is 0 Å². The molecule has 7 heteroatoms. The molecule has 5 nitrogen and oxygen atoms in total. The third-order valence-corrected chi connectivity index (χ3v) is 4.26. The largest absolute Gasteiger partial charge is 0.389 e. The summed E-state index contributed by atoms with van der Waals surface area (Å²) in [5.74, 6) is -0.342. The highest BCUT2D eigenvalue weighted by Gasteiger charge is 2.11. The van der Waals surface area contributed by atoms with Gasteiger partial charge < -0.3 is 9.84 Å². The summed E-state index contributed by atoms with van der Waals surface area (Å²) in [5, 5.41) is 11.8. The molecule has 0 bridgehead atoms. The van der Waals surface area contributed by atoms with Crippen molar-refractivity contribution in [2.24, 2.45) is 0 Å². The Balaban J connectivity index is 1.58. The van der Waals surface area contributed by atoms with Crippen molar-refractivity contribution in [2.45, 2.75) is 19.3 Å². The van der Waals surface area contributed by atoms with Gasteiger partial charge in [0.25, 0.3) is 5.56 Å². The molecule has 3 aromatic rings. The number of aromatic nitrogens is 2. The highest BCUT2D eigenvalue weighted by Crippen LogP contribution is 2.13. The first-order valence-corrected chi connectivity index (χ1v) is 7.95. The maximum Gasteiger partial charge on any atom is 0.271 e. The molecule has 0 fully saturated rings. The Labute approximate surface area is 135 Å². The van der Waals surface area contributed by atoms with Gasteiger partial charge >= 0.3 is 0 Å². The fraction of sp³-hybridized carbons (Fsp3) is 0.250. The average molecular weight is 334 g/mol. The number of benzene rings is 1. The average Bonchev–Trinajstić information content (AvgIpc) is 3.01. The van der Waals surface area contributed by atoms with Gasteiger partial charge in [0.15, 0.2) is 0 Å². The minimum Gasteiger partial charge on any atom is -0.389 e. The molecule has 0 radical (unpaired) electrons. The van der Waals surface area contributed by atoms with E-state index in [9.17, 15) is 14.3 Å².